The number of Topliss-reactive ketones (excluding diaryl/α,β-unsaturated/α-hetero) is 1. The van der Waals surface area contributed by atoms with Crippen molar-refractivity contribution in [3.05, 3.63) is 69.8 Å². The summed E-state index contributed by atoms with van der Waals surface area (Å²) in [5.41, 5.74) is 0.835. The number of nitro benzene ring substituents is 1. The lowest BCUT2D eigenvalue weighted by Gasteiger charge is -2.15. The zero-order chi connectivity index (χ0) is 18.4. The maximum Gasteiger partial charge on any atom is 0.338 e. The number of ether oxygens (including phenoxy) is 2. The van der Waals surface area contributed by atoms with Crippen LogP contribution in [-0.2, 0) is 16.0 Å². The minimum Gasteiger partial charge on any atom is -0.497 e. The van der Waals surface area contributed by atoms with E-state index in [-0.39, 0.29) is 23.5 Å². The third kappa shape index (κ3) is 4.87. The Kier molecular flexibility index (Phi) is 5.84. The SMILES string of the molecule is COc1ccc(CC(OC(=O)c2ccc([N+](=O)[O-])cc2)C(C)=O)cc1. The van der Waals surface area contributed by atoms with Crippen molar-refractivity contribution in [2.75, 3.05) is 7.11 Å². The quantitative estimate of drug-likeness (QED) is 0.436. The van der Waals surface area contributed by atoms with E-state index in [9.17, 15) is 19.7 Å². The largest absolute Gasteiger partial charge is 0.497 e. The fourth-order valence-electron chi connectivity index (χ4n) is 2.16. The average Bonchev–Trinajstić information content (AvgIpc) is 2.61. The number of rotatable bonds is 7. The summed E-state index contributed by atoms with van der Waals surface area (Å²) in [6, 6.07) is 12.1. The number of methoxy groups -OCH3 is 1. The van der Waals surface area contributed by atoms with Crippen LogP contribution in [0.4, 0.5) is 5.69 Å². The minimum absolute atomic E-state index is 0.127. The average molecular weight is 343 g/mol. The van der Waals surface area contributed by atoms with E-state index in [0.717, 1.165) is 5.56 Å². The molecule has 1 unspecified atom stereocenters. The lowest BCUT2D eigenvalue weighted by atomic mass is 10.1. The summed E-state index contributed by atoms with van der Waals surface area (Å²) in [5, 5.41) is 10.6. The van der Waals surface area contributed by atoms with Crippen LogP contribution < -0.4 is 4.74 Å². The maximum atomic E-state index is 12.2. The van der Waals surface area contributed by atoms with Crippen LogP contribution in [0.2, 0.25) is 0 Å². The number of nitrogens with zero attached hydrogens (tertiary/aromatic N) is 1. The number of benzene rings is 2. The van der Waals surface area contributed by atoms with E-state index in [1.165, 1.54) is 31.2 Å². The molecule has 0 saturated carbocycles. The third-order valence-corrected chi connectivity index (χ3v) is 3.60. The molecule has 25 heavy (non-hydrogen) atoms. The van der Waals surface area contributed by atoms with Crippen LogP contribution in [0.1, 0.15) is 22.8 Å². The Balaban J connectivity index is 2.08. The highest BCUT2D eigenvalue weighted by atomic mass is 16.6. The highest BCUT2D eigenvalue weighted by molar-refractivity contribution is 5.92. The minimum atomic E-state index is -0.934. The molecular weight excluding hydrogens is 326 g/mol. The van der Waals surface area contributed by atoms with Gasteiger partial charge in [0.15, 0.2) is 11.9 Å². The van der Waals surface area contributed by atoms with E-state index in [0.29, 0.717) is 5.75 Å². The second-order valence-corrected chi connectivity index (χ2v) is 5.36. The molecule has 2 aromatic carbocycles. The normalized spacial score (nSPS) is 11.4. The standard InChI is InChI=1S/C18H17NO6/c1-12(20)17(11-13-3-9-16(24-2)10-4-13)25-18(21)14-5-7-15(8-6-14)19(22)23/h3-10,17H,11H2,1-2H3. The van der Waals surface area contributed by atoms with E-state index < -0.39 is 17.0 Å². The zero-order valence-electron chi connectivity index (χ0n) is 13.8. The van der Waals surface area contributed by atoms with Crippen LogP contribution in [0.3, 0.4) is 0 Å². The number of non-ortho nitro benzene ring substituents is 1. The van der Waals surface area contributed by atoms with Crippen LogP contribution in [-0.4, -0.2) is 29.9 Å². The van der Waals surface area contributed by atoms with Gasteiger partial charge in [-0.3, -0.25) is 14.9 Å². The summed E-state index contributed by atoms with van der Waals surface area (Å²) in [7, 11) is 1.55. The molecule has 0 heterocycles. The lowest BCUT2D eigenvalue weighted by molar-refractivity contribution is -0.384. The summed E-state index contributed by atoms with van der Waals surface area (Å²) in [4.78, 5) is 34.0. The topological polar surface area (TPSA) is 95.7 Å². The molecular formula is C18H17NO6. The number of carbonyl (C=O) groups excluding carboxylic acids is 2. The summed E-state index contributed by atoms with van der Waals surface area (Å²) in [5.74, 6) is -0.305. The summed E-state index contributed by atoms with van der Waals surface area (Å²) < 4.78 is 10.3. The number of hydrogen-bond donors (Lipinski definition) is 0. The molecule has 0 aliphatic heterocycles. The molecule has 0 fully saturated rings. The highest BCUT2D eigenvalue weighted by Gasteiger charge is 2.21. The van der Waals surface area contributed by atoms with Gasteiger partial charge in [-0.15, -0.1) is 0 Å². The fraction of sp³-hybridized carbons (Fsp3) is 0.222. The van der Waals surface area contributed by atoms with Crippen LogP contribution in [0, 0.1) is 10.1 Å². The zero-order valence-corrected chi connectivity index (χ0v) is 13.8. The molecule has 0 bridgehead atoms. The monoisotopic (exact) mass is 343 g/mol. The molecule has 0 amide bonds. The van der Waals surface area contributed by atoms with Crippen molar-refractivity contribution in [3.63, 3.8) is 0 Å². The molecule has 7 heteroatoms. The Morgan fingerprint density at radius 3 is 2.16 bits per heavy atom. The fourth-order valence-corrected chi connectivity index (χ4v) is 2.16. The molecule has 2 rings (SSSR count). The number of esters is 1. The van der Waals surface area contributed by atoms with E-state index in [1.807, 2.05) is 0 Å². The van der Waals surface area contributed by atoms with E-state index in [4.69, 9.17) is 9.47 Å². The van der Waals surface area contributed by atoms with Gasteiger partial charge in [-0.2, -0.15) is 0 Å². The van der Waals surface area contributed by atoms with Crippen molar-refractivity contribution in [2.24, 2.45) is 0 Å². The van der Waals surface area contributed by atoms with Crippen LogP contribution in [0.5, 0.6) is 5.75 Å². The maximum absolute atomic E-state index is 12.2. The van der Waals surface area contributed by atoms with Crippen molar-refractivity contribution in [3.8, 4) is 5.75 Å². The van der Waals surface area contributed by atoms with Crippen LogP contribution >= 0.6 is 0 Å². The second kappa shape index (κ2) is 8.05. The molecule has 1 atom stereocenters. The molecule has 0 aromatic heterocycles. The van der Waals surface area contributed by atoms with Gasteiger partial charge in [0.05, 0.1) is 17.6 Å². The number of nitro groups is 1. The number of ketones is 1. The molecule has 2 aromatic rings. The Bertz CT molecular complexity index is 767. The molecule has 0 N–H and O–H groups in total. The molecule has 130 valence electrons. The Morgan fingerprint density at radius 1 is 1.08 bits per heavy atom. The summed E-state index contributed by atoms with van der Waals surface area (Å²) in [6.45, 7) is 1.34. The van der Waals surface area contributed by atoms with Gasteiger partial charge in [-0.25, -0.2) is 4.79 Å². The lowest BCUT2D eigenvalue weighted by Crippen LogP contribution is -2.27. The molecule has 0 radical (unpaired) electrons. The Labute approximate surface area is 144 Å². The Morgan fingerprint density at radius 2 is 1.68 bits per heavy atom. The molecule has 0 saturated heterocycles. The van der Waals surface area contributed by atoms with Crippen molar-refractivity contribution < 1.29 is 24.0 Å². The predicted octanol–water partition coefficient (Wildman–Crippen LogP) is 2.96. The Hall–Kier alpha value is -3.22. The summed E-state index contributed by atoms with van der Waals surface area (Å²) in [6.07, 6.45) is -0.700. The molecule has 0 aliphatic carbocycles. The van der Waals surface area contributed by atoms with Gasteiger partial charge in [0.25, 0.3) is 5.69 Å². The van der Waals surface area contributed by atoms with Gasteiger partial charge in [0, 0.05) is 18.6 Å². The van der Waals surface area contributed by atoms with E-state index >= 15 is 0 Å². The van der Waals surface area contributed by atoms with Crippen LogP contribution in [0.15, 0.2) is 48.5 Å². The molecule has 0 spiro atoms. The van der Waals surface area contributed by atoms with Gasteiger partial charge in [0.2, 0.25) is 0 Å². The predicted molar refractivity (Wildman–Crippen MR) is 89.7 cm³/mol. The number of hydrogen-bond acceptors (Lipinski definition) is 6. The van der Waals surface area contributed by atoms with Gasteiger partial charge in [-0.05, 0) is 36.8 Å². The van der Waals surface area contributed by atoms with Gasteiger partial charge in [0.1, 0.15) is 5.75 Å². The van der Waals surface area contributed by atoms with E-state index in [1.54, 1.807) is 31.4 Å². The summed E-state index contributed by atoms with van der Waals surface area (Å²) >= 11 is 0. The molecule has 7 nitrogen and oxygen atoms in total. The van der Waals surface area contributed by atoms with E-state index in [2.05, 4.69) is 0 Å². The first-order valence-electron chi connectivity index (χ1n) is 7.49. The first kappa shape index (κ1) is 18.1. The first-order valence-corrected chi connectivity index (χ1v) is 7.49. The smallest absolute Gasteiger partial charge is 0.338 e. The third-order valence-electron chi connectivity index (χ3n) is 3.60. The highest BCUT2D eigenvalue weighted by Crippen LogP contribution is 2.16. The molecule has 0 aliphatic rings. The first-order chi connectivity index (χ1) is 11.9. The van der Waals surface area contributed by atoms with Crippen molar-refractivity contribution in [1.82, 2.24) is 0 Å². The van der Waals surface area contributed by atoms with Gasteiger partial charge < -0.3 is 9.47 Å². The second-order valence-electron chi connectivity index (χ2n) is 5.36. The van der Waals surface area contributed by atoms with Crippen molar-refractivity contribution in [2.45, 2.75) is 19.4 Å². The van der Waals surface area contributed by atoms with Gasteiger partial charge >= 0.3 is 5.97 Å². The van der Waals surface area contributed by atoms with Crippen molar-refractivity contribution >= 4 is 17.4 Å². The van der Waals surface area contributed by atoms with Crippen LogP contribution in [0.25, 0.3) is 0 Å². The number of carbonyl (C=O) groups is 2. The van der Waals surface area contributed by atoms with Crippen molar-refractivity contribution in [1.29, 1.82) is 0 Å². The van der Waals surface area contributed by atoms with Gasteiger partial charge in [-0.1, -0.05) is 12.1 Å².